The first-order valence-electron chi connectivity index (χ1n) is 5.06. The van der Waals surface area contributed by atoms with Gasteiger partial charge < -0.3 is 5.11 Å². The molecule has 0 aliphatic rings. The highest BCUT2D eigenvalue weighted by Gasteiger charge is 1.83. The summed E-state index contributed by atoms with van der Waals surface area (Å²) in [4.78, 5) is 0. The van der Waals surface area contributed by atoms with Crippen LogP contribution in [-0.2, 0) is 0 Å². The number of phenols is 1. The van der Waals surface area contributed by atoms with E-state index >= 15 is 0 Å². The van der Waals surface area contributed by atoms with Crippen LogP contribution in [0.5, 0.6) is 5.75 Å². The van der Waals surface area contributed by atoms with E-state index in [0.29, 0.717) is 5.75 Å². The lowest BCUT2D eigenvalue weighted by molar-refractivity contribution is 0.475. The van der Waals surface area contributed by atoms with E-state index in [1.807, 2.05) is 31.2 Å². The fourth-order valence-corrected chi connectivity index (χ4v) is 1.75. The van der Waals surface area contributed by atoms with Gasteiger partial charge in [-0.25, -0.2) is 0 Å². The topological polar surface area (TPSA) is 20.2 Å². The fourth-order valence-electron chi connectivity index (χ4n) is 1.23. The van der Waals surface area contributed by atoms with E-state index in [1.54, 1.807) is 12.1 Å². The number of aromatic hydroxyl groups is 1. The van der Waals surface area contributed by atoms with Crippen LogP contribution in [0.15, 0.2) is 53.0 Å². The molecule has 0 atom stereocenters. The van der Waals surface area contributed by atoms with Gasteiger partial charge in [0.05, 0.1) is 0 Å². The predicted octanol–water partition coefficient (Wildman–Crippen LogP) is 4.46. The van der Waals surface area contributed by atoms with Crippen LogP contribution >= 0.6 is 15.9 Å². The van der Waals surface area contributed by atoms with Gasteiger partial charge in [-0.2, -0.15) is 0 Å². The number of rotatable bonds is 0. The Labute approximate surface area is 105 Å². The summed E-state index contributed by atoms with van der Waals surface area (Å²) in [5.41, 5.74) is 2.38. The Morgan fingerprint density at radius 1 is 0.875 bits per heavy atom. The molecule has 0 bridgehead atoms. The van der Waals surface area contributed by atoms with Crippen LogP contribution < -0.4 is 0 Å². The molecule has 2 aromatic carbocycles. The zero-order valence-corrected chi connectivity index (χ0v) is 11.0. The first-order valence-corrected chi connectivity index (χ1v) is 5.85. The molecule has 0 aliphatic heterocycles. The maximum absolute atomic E-state index is 8.81. The van der Waals surface area contributed by atoms with Crippen LogP contribution in [0.2, 0.25) is 0 Å². The molecule has 1 nitrogen and oxygen atoms in total. The largest absolute Gasteiger partial charge is 0.508 e. The van der Waals surface area contributed by atoms with Crippen molar-refractivity contribution in [1.29, 1.82) is 0 Å². The second-order valence-corrected chi connectivity index (χ2v) is 4.55. The van der Waals surface area contributed by atoms with Crippen molar-refractivity contribution in [1.82, 2.24) is 0 Å². The Morgan fingerprint density at radius 2 is 1.44 bits per heavy atom. The molecule has 0 heterocycles. The van der Waals surface area contributed by atoms with E-state index in [1.165, 1.54) is 5.56 Å². The first kappa shape index (κ1) is 12.8. The summed E-state index contributed by atoms with van der Waals surface area (Å²) < 4.78 is 1.15. The normalized spacial score (nSPS) is 9.19. The van der Waals surface area contributed by atoms with Crippen molar-refractivity contribution in [3.8, 4) is 5.75 Å². The minimum atomic E-state index is 0.338. The molecule has 0 saturated carbocycles. The molecule has 0 spiro atoms. The molecule has 2 aromatic rings. The maximum atomic E-state index is 8.81. The lowest BCUT2D eigenvalue weighted by Crippen LogP contribution is -1.67. The third-order valence-corrected chi connectivity index (χ3v) is 2.48. The number of hydrogen-bond acceptors (Lipinski definition) is 1. The Kier molecular flexibility index (Phi) is 5.06. The summed E-state index contributed by atoms with van der Waals surface area (Å²) >= 11 is 3.36. The summed E-state index contributed by atoms with van der Waals surface area (Å²) in [7, 11) is 0. The Hall–Kier alpha value is -1.28. The van der Waals surface area contributed by atoms with Gasteiger partial charge in [-0.3, -0.25) is 0 Å². The van der Waals surface area contributed by atoms with E-state index in [-0.39, 0.29) is 0 Å². The molecule has 0 amide bonds. The van der Waals surface area contributed by atoms with Crippen LogP contribution in [0.4, 0.5) is 0 Å². The molecular weight excluding hydrogens is 264 g/mol. The average molecular weight is 279 g/mol. The van der Waals surface area contributed by atoms with Gasteiger partial charge in [-0.05, 0) is 43.7 Å². The first-order chi connectivity index (χ1) is 7.58. The highest BCUT2D eigenvalue weighted by atomic mass is 79.9. The smallest absolute Gasteiger partial charge is 0.115 e. The van der Waals surface area contributed by atoms with E-state index in [4.69, 9.17) is 5.11 Å². The summed E-state index contributed by atoms with van der Waals surface area (Å²) in [6.07, 6.45) is 0. The van der Waals surface area contributed by atoms with E-state index < -0.39 is 0 Å². The van der Waals surface area contributed by atoms with Gasteiger partial charge in [-0.15, -0.1) is 0 Å². The highest BCUT2D eigenvalue weighted by Crippen LogP contribution is 2.09. The van der Waals surface area contributed by atoms with Crippen molar-refractivity contribution in [3.05, 3.63) is 64.1 Å². The van der Waals surface area contributed by atoms with Gasteiger partial charge in [-0.1, -0.05) is 45.8 Å². The lowest BCUT2D eigenvalue weighted by Gasteiger charge is -1.89. The Balaban J connectivity index is 0.000000160. The molecule has 0 aromatic heterocycles. The molecule has 16 heavy (non-hydrogen) atoms. The van der Waals surface area contributed by atoms with Gasteiger partial charge in [0.25, 0.3) is 0 Å². The Bertz CT molecular complexity index is 374. The molecule has 2 heteroatoms. The van der Waals surface area contributed by atoms with Crippen molar-refractivity contribution in [2.24, 2.45) is 0 Å². The predicted molar refractivity (Wildman–Crippen MR) is 71.7 cm³/mol. The molecule has 84 valence electrons. The van der Waals surface area contributed by atoms with Gasteiger partial charge in [0.1, 0.15) is 5.75 Å². The quantitative estimate of drug-likeness (QED) is 0.755. The highest BCUT2D eigenvalue weighted by molar-refractivity contribution is 9.10. The molecular formula is C14H15BrO. The Morgan fingerprint density at radius 3 is 1.75 bits per heavy atom. The summed E-state index contributed by atoms with van der Waals surface area (Å²) in [6.45, 7) is 4.02. The second-order valence-electron chi connectivity index (χ2n) is 3.64. The summed E-state index contributed by atoms with van der Waals surface area (Å²) in [5.74, 6) is 0.338. The van der Waals surface area contributed by atoms with Crippen LogP contribution in [-0.4, -0.2) is 5.11 Å². The second kappa shape index (κ2) is 6.33. The van der Waals surface area contributed by atoms with Crippen molar-refractivity contribution < 1.29 is 5.11 Å². The van der Waals surface area contributed by atoms with Gasteiger partial charge in [0.2, 0.25) is 0 Å². The number of benzene rings is 2. The molecule has 0 saturated heterocycles. The minimum Gasteiger partial charge on any atom is -0.508 e. The van der Waals surface area contributed by atoms with Gasteiger partial charge >= 0.3 is 0 Å². The van der Waals surface area contributed by atoms with Gasteiger partial charge in [0.15, 0.2) is 0 Å². The van der Waals surface area contributed by atoms with Crippen molar-refractivity contribution in [2.45, 2.75) is 13.8 Å². The lowest BCUT2D eigenvalue weighted by atomic mass is 10.2. The summed E-state index contributed by atoms with van der Waals surface area (Å²) in [6, 6.07) is 15.4. The zero-order valence-electron chi connectivity index (χ0n) is 9.44. The molecule has 1 N–H and O–H groups in total. The van der Waals surface area contributed by atoms with Crippen LogP contribution in [0.25, 0.3) is 0 Å². The molecule has 2 rings (SSSR count). The number of phenolic OH excluding ortho intramolecular Hbond substituents is 1. The summed E-state index contributed by atoms with van der Waals surface area (Å²) in [5, 5.41) is 8.81. The molecule has 0 radical (unpaired) electrons. The van der Waals surface area contributed by atoms with E-state index in [2.05, 4.69) is 35.0 Å². The molecule has 0 aliphatic carbocycles. The van der Waals surface area contributed by atoms with Gasteiger partial charge in [0, 0.05) is 4.47 Å². The van der Waals surface area contributed by atoms with E-state index in [0.717, 1.165) is 10.0 Å². The fraction of sp³-hybridized carbons (Fsp3) is 0.143. The number of halogens is 1. The van der Waals surface area contributed by atoms with Crippen molar-refractivity contribution >= 4 is 15.9 Å². The van der Waals surface area contributed by atoms with Crippen molar-refractivity contribution in [2.75, 3.05) is 0 Å². The monoisotopic (exact) mass is 278 g/mol. The average Bonchev–Trinajstić information content (AvgIpc) is 2.17. The standard InChI is InChI=1S/C7H7Br.C7H8O/c2*1-6-3-2-4-7(8)5-6/h2-5H,1H3;2-5,8H,1H3. The zero-order chi connectivity index (χ0) is 12.0. The van der Waals surface area contributed by atoms with Crippen molar-refractivity contribution in [3.63, 3.8) is 0 Å². The molecule has 0 fully saturated rings. The van der Waals surface area contributed by atoms with Crippen LogP contribution in [0, 0.1) is 13.8 Å². The number of hydrogen-bond donors (Lipinski definition) is 1. The SMILES string of the molecule is Cc1cccc(Br)c1.Cc1cccc(O)c1. The number of aryl methyl sites for hydroxylation is 2. The minimum absolute atomic E-state index is 0.338. The maximum Gasteiger partial charge on any atom is 0.115 e. The third-order valence-electron chi connectivity index (χ3n) is 1.98. The third kappa shape index (κ3) is 4.99. The van der Waals surface area contributed by atoms with Crippen LogP contribution in [0.1, 0.15) is 11.1 Å². The molecule has 0 unspecified atom stereocenters. The van der Waals surface area contributed by atoms with Crippen LogP contribution in [0.3, 0.4) is 0 Å². The van der Waals surface area contributed by atoms with E-state index in [9.17, 15) is 0 Å².